The first kappa shape index (κ1) is 12.7. The average molecular weight is 252 g/mol. The number of aromatic carboxylic acids is 1. The first-order chi connectivity index (χ1) is 8.50. The second-order valence-electron chi connectivity index (χ2n) is 4.75. The lowest BCUT2D eigenvalue weighted by Gasteiger charge is -2.27. The van der Waals surface area contributed by atoms with Gasteiger partial charge >= 0.3 is 5.97 Å². The van der Waals surface area contributed by atoms with E-state index in [0.717, 1.165) is 31.7 Å². The van der Waals surface area contributed by atoms with Crippen LogP contribution in [0.5, 0.6) is 0 Å². The maximum atomic E-state index is 13.9. The van der Waals surface area contributed by atoms with Gasteiger partial charge in [-0.15, -0.1) is 0 Å². The number of carboxylic acid groups (broad SMARTS) is 1. The lowest BCUT2D eigenvalue weighted by Crippen LogP contribution is -2.29. The van der Waals surface area contributed by atoms with Crippen molar-refractivity contribution in [2.45, 2.75) is 31.7 Å². The van der Waals surface area contributed by atoms with E-state index in [1.807, 2.05) is 4.90 Å². The Balaban J connectivity index is 2.37. The maximum absolute atomic E-state index is 13.9. The summed E-state index contributed by atoms with van der Waals surface area (Å²) < 4.78 is 13.9. The second kappa shape index (κ2) is 4.84. The Labute approximate surface area is 105 Å². The molecule has 0 spiro atoms. The maximum Gasteiger partial charge on any atom is 0.337 e. The van der Waals surface area contributed by atoms with Crippen molar-refractivity contribution in [2.75, 3.05) is 17.7 Å². The van der Waals surface area contributed by atoms with Crippen LogP contribution in [0, 0.1) is 5.82 Å². The molecule has 0 radical (unpaired) electrons. The van der Waals surface area contributed by atoms with Gasteiger partial charge in [-0.25, -0.2) is 9.18 Å². The number of hydrogen-bond acceptors (Lipinski definition) is 3. The van der Waals surface area contributed by atoms with Crippen molar-refractivity contribution < 1.29 is 14.3 Å². The van der Waals surface area contributed by atoms with Crippen LogP contribution in [0.15, 0.2) is 12.1 Å². The number of rotatable bonds is 3. The zero-order chi connectivity index (χ0) is 13.3. The van der Waals surface area contributed by atoms with E-state index in [0.29, 0.717) is 5.69 Å². The van der Waals surface area contributed by atoms with E-state index in [2.05, 4.69) is 0 Å². The number of nitrogen functional groups attached to an aromatic ring is 1. The summed E-state index contributed by atoms with van der Waals surface area (Å²) >= 11 is 0. The standard InChI is InChI=1S/C13H17FN2O2/c1-16(8-4-2-3-5-8)12-6-9(13(17)18)11(15)7-10(12)14/h6-8H,2-5,15H2,1H3,(H,17,18). The molecule has 0 amide bonds. The number of anilines is 2. The van der Waals surface area contributed by atoms with Gasteiger partial charge < -0.3 is 15.7 Å². The molecule has 98 valence electrons. The van der Waals surface area contributed by atoms with Crippen molar-refractivity contribution in [1.82, 2.24) is 0 Å². The number of nitrogens with two attached hydrogens (primary N) is 1. The summed E-state index contributed by atoms with van der Waals surface area (Å²) in [7, 11) is 1.80. The molecule has 1 aromatic carbocycles. The van der Waals surface area contributed by atoms with Gasteiger partial charge in [-0.2, -0.15) is 0 Å². The molecule has 5 heteroatoms. The minimum atomic E-state index is -1.13. The zero-order valence-corrected chi connectivity index (χ0v) is 10.3. The molecule has 0 bridgehead atoms. The predicted molar refractivity (Wildman–Crippen MR) is 68.4 cm³/mol. The summed E-state index contributed by atoms with van der Waals surface area (Å²) in [4.78, 5) is 12.8. The van der Waals surface area contributed by atoms with Crippen molar-refractivity contribution in [3.8, 4) is 0 Å². The quantitative estimate of drug-likeness (QED) is 0.811. The molecule has 1 aliphatic rings. The van der Waals surface area contributed by atoms with Crippen molar-refractivity contribution in [1.29, 1.82) is 0 Å². The molecular formula is C13H17FN2O2. The van der Waals surface area contributed by atoms with Crippen LogP contribution in [-0.2, 0) is 0 Å². The number of carbonyl (C=O) groups is 1. The van der Waals surface area contributed by atoms with Gasteiger partial charge in [-0.1, -0.05) is 12.8 Å². The van der Waals surface area contributed by atoms with Crippen LogP contribution >= 0.6 is 0 Å². The molecule has 0 heterocycles. The Morgan fingerprint density at radius 1 is 1.44 bits per heavy atom. The number of carboxylic acids is 1. The van der Waals surface area contributed by atoms with Crippen LogP contribution < -0.4 is 10.6 Å². The van der Waals surface area contributed by atoms with Crippen LogP contribution in [-0.4, -0.2) is 24.2 Å². The molecule has 1 saturated carbocycles. The molecule has 1 aliphatic carbocycles. The minimum Gasteiger partial charge on any atom is -0.478 e. The van der Waals surface area contributed by atoms with Crippen molar-refractivity contribution in [3.05, 3.63) is 23.5 Å². The summed E-state index contributed by atoms with van der Waals surface area (Å²) in [6, 6.07) is 2.69. The number of benzene rings is 1. The number of nitrogens with zero attached hydrogens (tertiary/aromatic N) is 1. The van der Waals surface area contributed by atoms with Gasteiger partial charge in [0.2, 0.25) is 0 Å². The van der Waals surface area contributed by atoms with E-state index in [1.165, 1.54) is 6.07 Å². The van der Waals surface area contributed by atoms with Gasteiger partial charge in [0, 0.05) is 18.8 Å². The Morgan fingerprint density at radius 2 is 2.06 bits per heavy atom. The Hall–Kier alpha value is -1.78. The van der Waals surface area contributed by atoms with E-state index < -0.39 is 11.8 Å². The van der Waals surface area contributed by atoms with E-state index in [1.54, 1.807) is 7.05 Å². The molecule has 0 aromatic heterocycles. The third-order valence-corrected chi connectivity index (χ3v) is 3.60. The van der Waals surface area contributed by atoms with E-state index in [4.69, 9.17) is 10.8 Å². The van der Waals surface area contributed by atoms with Gasteiger partial charge in [0.1, 0.15) is 5.82 Å². The van der Waals surface area contributed by atoms with Crippen molar-refractivity contribution in [2.24, 2.45) is 0 Å². The van der Waals surface area contributed by atoms with Crippen LogP contribution in [0.25, 0.3) is 0 Å². The summed E-state index contributed by atoms with van der Waals surface area (Å²) in [6.45, 7) is 0. The topological polar surface area (TPSA) is 66.6 Å². The van der Waals surface area contributed by atoms with Crippen molar-refractivity contribution in [3.63, 3.8) is 0 Å². The van der Waals surface area contributed by atoms with E-state index >= 15 is 0 Å². The molecule has 3 N–H and O–H groups in total. The summed E-state index contributed by atoms with van der Waals surface area (Å²) in [5.41, 5.74) is 5.74. The van der Waals surface area contributed by atoms with Gasteiger partial charge in [-0.3, -0.25) is 0 Å². The highest BCUT2D eigenvalue weighted by atomic mass is 19.1. The number of halogens is 1. The lowest BCUT2D eigenvalue weighted by atomic mass is 10.1. The molecule has 18 heavy (non-hydrogen) atoms. The molecule has 4 nitrogen and oxygen atoms in total. The Morgan fingerprint density at radius 3 is 2.61 bits per heavy atom. The molecule has 1 aromatic rings. The van der Waals surface area contributed by atoms with E-state index in [9.17, 15) is 9.18 Å². The normalized spacial score (nSPS) is 15.9. The SMILES string of the molecule is CN(c1cc(C(=O)O)c(N)cc1F)C1CCCC1. The third kappa shape index (κ3) is 2.25. The van der Waals surface area contributed by atoms with E-state index in [-0.39, 0.29) is 17.3 Å². The second-order valence-corrected chi connectivity index (χ2v) is 4.75. The first-order valence-electron chi connectivity index (χ1n) is 6.06. The van der Waals surface area contributed by atoms with Gasteiger partial charge in [0.05, 0.1) is 11.3 Å². The van der Waals surface area contributed by atoms with Crippen LogP contribution in [0.3, 0.4) is 0 Å². The van der Waals surface area contributed by atoms with Crippen LogP contribution in [0.4, 0.5) is 15.8 Å². The number of hydrogen-bond donors (Lipinski definition) is 2. The fourth-order valence-corrected chi connectivity index (χ4v) is 2.52. The third-order valence-electron chi connectivity index (χ3n) is 3.60. The molecule has 2 rings (SSSR count). The van der Waals surface area contributed by atoms with Crippen molar-refractivity contribution >= 4 is 17.3 Å². The van der Waals surface area contributed by atoms with Gasteiger partial charge in [0.25, 0.3) is 0 Å². The highest BCUT2D eigenvalue weighted by molar-refractivity contribution is 5.95. The smallest absolute Gasteiger partial charge is 0.337 e. The van der Waals surface area contributed by atoms with Crippen LogP contribution in [0.2, 0.25) is 0 Å². The highest BCUT2D eigenvalue weighted by Crippen LogP contribution is 2.31. The van der Waals surface area contributed by atoms with Gasteiger partial charge in [-0.05, 0) is 25.0 Å². The van der Waals surface area contributed by atoms with Crippen LogP contribution in [0.1, 0.15) is 36.0 Å². The highest BCUT2D eigenvalue weighted by Gasteiger charge is 2.23. The molecule has 0 unspecified atom stereocenters. The zero-order valence-electron chi connectivity index (χ0n) is 10.3. The summed E-state index contributed by atoms with van der Waals surface area (Å²) in [5.74, 6) is -1.60. The molecular weight excluding hydrogens is 235 g/mol. The summed E-state index contributed by atoms with van der Waals surface area (Å²) in [5, 5.41) is 9.01. The summed E-state index contributed by atoms with van der Waals surface area (Å²) in [6.07, 6.45) is 4.31. The molecule has 1 fully saturated rings. The Bertz CT molecular complexity index is 470. The first-order valence-corrected chi connectivity index (χ1v) is 6.06. The average Bonchev–Trinajstić information content (AvgIpc) is 2.81. The largest absolute Gasteiger partial charge is 0.478 e. The predicted octanol–water partition coefficient (Wildman–Crippen LogP) is 2.48. The molecule has 0 atom stereocenters. The minimum absolute atomic E-state index is 0.0384. The molecule has 0 saturated heterocycles. The lowest BCUT2D eigenvalue weighted by molar-refractivity contribution is 0.0698. The monoisotopic (exact) mass is 252 g/mol. The fourth-order valence-electron chi connectivity index (χ4n) is 2.52. The molecule has 0 aliphatic heterocycles. The Kier molecular flexibility index (Phi) is 3.41. The van der Waals surface area contributed by atoms with Gasteiger partial charge in [0.15, 0.2) is 0 Å². The fraction of sp³-hybridized carbons (Fsp3) is 0.462.